The molecule has 1 aliphatic heterocycles. The average Bonchev–Trinajstić information content (AvgIpc) is 2.80. The lowest BCUT2D eigenvalue weighted by Crippen LogP contribution is -2.49. The Morgan fingerprint density at radius 3 is 2.10 bits per heavy atom. The molecule has 0 radical (unpaired) electrons. The molecule has 0 unspecified atom stereocenters. The lowest BCUT2D eigenvalue weighted by Gasteiger charge is -2.34. The number of para-hydroxylation sites is 1. The first-order valence-corrected chi connectivity index (χ1v) is 11.8. The van der Waals surface area contributed by atoms with Crippen molar-refractivity contribution in [2.45, 2.75) is 24.7 Å². The molecule has 2 heterocycles. The molecule has 0 spiro atoms. The second-order valence-electron chi connectivity index (χ2n) is 7.89. The van der Waals surface area contributed by atoms with Gasteiger partial charge in [0.15, 0.2) is 0 Å². The van der Waals surface area contributed by atoms with Crippen LogP contribution in [-0.2, 0) is 10.0 Å². The number of hydrogen-bond donors (Lipinski definition) is 0. The summed E-state index contributed by atoms with van der Waals surface area (Å²) in [5.74, 6) is 1.01. The highest BCUT2D eigenvalue weighted by atomic mass is 32.2. The highest BCUT2D eigenvalue weighted by molar-refractivity contribution is 7.89. The maximum Gasteiger partial charge on any atom is 0.271 e. The third kappa shape index (κ3) is 4.40. The van der Waals surface area contributed by atoms with Gasteiger partial charge in [0.1, 0.15) is 5.82 Å². The average molecular weight is 439 g/mol. The number of benzene rings is 2. The molecule has 0 amide bonds. The normalized spacial score (nSPS) is 15.4. The van der Waals surface area contributed by atoms with Crippen molar-refractivity contribution in [3.05, 3.63) is 82.6 Å². The quantitative estimate of drug-likeness (QED) is 0.612. The maximum absolute atomic E-state index is 13.0. The first-order chi connectivity index (χ1) is 14.9. The van der Waals surface area contributed by atoms with E-state index in [0.29, 0.717) is 48.5 Å². The van der Waals surface area contributed by atoms with Gasteiger partial charge in [0.05, 0.1) is 10.6 Å². The van der Waals surface area contributed by atoms with E-state index in [9.17, 15) is 13.2 Å². The number of aromatic nitrogens is 2. The fourth-order valence-electron chi connectivity index (χ4n) is 3.66. The zero-order chi connectivity index (χ0) is 22.0. The summed E-state index contributed by atoms with van der Waals surface area (Å²) >= 11 is 0. The number of sulfonamides is 1. The maximum atomic E-state index is 13.0. The van der Waals surface area contributed by atoms with Crippen molar-refractivity contribution in [2.24, 2.45) is 0 Å². The lowest BCUT2D eigenvalue weighted by atomic mass is 10.0. The van der Waals surface area contributed by atoms with Crippen LogP contribution in [0.15, 0.2) is 76.4 Å². The molecule has 1 fully saturated rings. The molecular formula is C23H26N4O3S. The summed E-state index contributed by atoms with van der Waals surface area (Å²) in [6, 6.07) is 19.6. The van der Waals surface area contributed by atoms with Crippen LogP contribution in [0.5, 0.6) is 0 Å². The molecule has 1 aromatic heterocycles. The van der Waals surface area contributed by atoms with E-state index in [1.807, 2.05) is 47.4 Å². The van der Waals surface area contributed by atoms with E-state index in [4.69, 9.17) is 0 Å². The van der Waals surface area contributed by atoms with Gasteiger partial charge in [-0.05, 0) is 41.8 Å². The molecule has 1 aliphatic rings. The second-order valence-corrected chi connectivity index (χ2v) is 9.83. The SMILES string of the molecule is CC(C)c1ccc(S(=O)(=O)N2CCN(c3ccc(=O)n(-c4ccccc4)n3)CC2)cc1. The Balaban J connectivity index is 1.49. The lowest BCUT2D eigenvalue weighted by molar-refractivity contribution is 0.383. The van der Waals surface area contributed by atoms with Crippen LogP contribution >= 0.6 is 0 Å². The van der Waals surface area contributed by atoms with Crippen molar-refractivity contribution in [1.29, 1.82) is 0 Å². The van der Waals surface area contributed by atoms with Gasteiger partial charge in [-0.15, -0.1) is 5.10 Å². The van der Waals surface area contributed by atoms with E-state index in [-0.39, 0.29) is 5.56 Å². The standard InChI is InChI=1S/C23H26N4O3S/c1-18(2)19-8-10-21(11-9-19)31(29,30)26-16-14-25(15-17-26)22-12-13-23(28)27(24-22)20-6-4-3-5-7-20/h3-13,18H,14-17H2,1-2H3. The fraction of sp³-hybridized carbons (Fsp3) is 0.304. The Kier molecular flexibility index (Phi) is 5.93. The van der Waals surface area contributed by atoms with Gasteiger partial charge in [-0.3, -0.25) is 4.79 Å². The van der Waals surface area contributed by atoms with E-state index in [1.165, 1.54) is 15.1 Å². The van der Waals surface area contributed by atoms with Gasteiger partial charge in [-0.25, -0.2) is 8.42 Å². The zero-order valence-corrected chi connectivity index (χ0v) is 18.5. The molecule has 0 bridgehead atoms. The van der Waals surface area contributed by atoms with Gasteiger partial charge in [-0.2, -0.15) is 8.99 Å². The molecule has 8 heteroatoms. The highest BCUT2D eigenvalue weighted by Crippen LogP contribution is 2.22. The van der Waals surface area contributed by atoms with Crippen LogP contribution in [0.4, 0.5) is 5.82 Å². The van der Waals surface area contributed by atoms with Gasteiger partial charge < -0.3 is 4.90 Å². The van der Waals surface area contributed by atoms with E-state index in [0.717, 1.165) is 5.56 Å². The van der Waals surface area contributed by atoms with Crippen molar-refractivity contribution >= 4 is 15.8 Å². The Morgan fingerprint density at radius 2 is 1.48 bits per heavy atom. The molecular weight excluding hydrogens is 412 g/mol. The van der Waals surface area contributed by atoms with Gasteiger partial charge in [0, 0.05) is 32.2 Å². The van der Waals surface area contributed by atoms with E-state index < -0.39 is 10.0 Å². The molecule has 0 atom stereocenters. The predicted octanol–water partition coefficient (Wildman–Crippen LogP) is 2.87. The molecule has 7 nitrogen and oxygen atoms in total. The van der Waals surface area contributed by atoms with Crippen LogP contribution in [0.1, 0.15) is 25.3 Å². The topological polar surface area (TPSA) is 75.5 Å². The minimum Gasteiger partial charge on any atom is -0.353 e. The van der Waals surface area contributed by atoms with Crippen molar-refractivity contribution in [3.63, 3.8) is 0 Å². The molecule has 0 aliphatic carbocycles. The first-order valence-electron chi connectivity index (χ1n) is 10.4. The Labute approximate surface area is 182 Å². The van der Waals surface area contributed by atoms with Gasteiger partial charge in [-0.1, -0.05) is 44.2 Å². The molecule has 2 aromatic carbocycles. The first kappa shape index (κ1) is 21.3. The monoisotopic (exact) mass is 438 g/mol. The van der Waals surface area contributed by atoms with E-state index in [1.54, 1.807) is 18.2 Å². The van der Waals surface area contributed by atoms with Crippen molar-refractivity contribution in [1.82, 2.24) is 14.1 Å². The Hall–Kier alpha value is -2.97. The predicted molar refractivity (Wildman–Crippen MR) is 121 cm³/mol. The zero-order valence-electron chi connectivity index (χ0n) is 17.7. The summed E-state index contributed by atoms with van der Waals surface area (Å²) in [5.41, 5.74) is 1.60. The van der Waals surface area contributed by atoms with Crippen LogP contribution in [0.25, 0.3) is 5.69 Å². The molecule has 162 valence electrons. The summed E-state index contributed by atoms with van der Waals surface area (Å²) in [6.45, 7) is 5.89. The fourth-order valence-corrected chi connectivity index (χ4v) is 5.08. The minimum atomic E-state index is -3.54. The third-order valence-corrected chi connectivity index (χ3v) is 7.45. The van der Waals surface area contributed by atoms with Crippen molar-refractivity contribution in [2.75, 3.05) is 31.1 Å². The number of hydrogen-bond acceptors (Lipinski definition) is 5. The van der Waals surface area contributed by atoms with Gasteiger partial charge in [0.25, 0.3) is 5.56 Å². The summed E-state index contributed by atoms with van der Waals surface area (Å²) in [4.78, 5) is 14.6. The molecule has 0 saturated carbocycles. The van der Waals surface area contributed by atoms with E-state index in [2.05, 4.69) is 18.9 Å². The third-order valence-electron chi connectivity index (χ3n) is 5.53. The molecule has 31 heavy (non-hydrogen) atoms. The Bertz CT molecular complexity index is 1200. The number of rotatable bonds is 5. The van der Waals surface area contributed by atoms with Crippen molar-refractivity contribution in [3.8, 4) is 5.69 Å². The summed E-state index contributed by atoms with van der Waals surface area (Å²) in [7, 11) is -3.54. The number of anilines is 1. The van der Waals surface area contributed by atoms with Crippen LogP contribution < -0.4 is 10.5 Å². The summed E-state index contributed by atoms with van der Waals surface area (Å²) < 4.78 is 29.0. The smallest absolute Gasteiger partial charge is 0.271 e. The van der Waals surface area contributed by atoms with Crippen LogP contribution in [-0.4, -0.2) is 48.7 Å². The Morgan fingerprint density at radius 1 is 0.839 bits per heavy atom. The molecule has 1 saturated heterocycles. The van der Waals surface area contributed by atoms with Gasteiger partial charge in [0.2, 0.25) is 10.0 Å². The summed E-state index contributed by atoms with van der Waals surface area (Å²) in [6.07, 6.45) is 0. The second kappa shape index (κ2) is 8.64. The van der Waals surface area contributed by atoms with Gasteiger partial charge >= 0.3 is 0 Å². The van der Waals surface area contributed by atoms with Crippen molar-refractivity contribution < 1.29 is 8.42 Å². The van der Waals surface area contributed by atoms with Crippen LogP contribution in [0.2, 0.25) is 0 Å². The number of nitrogens with zero attached hydrogens (tertiary/aromatic N) is 4. The summed E-state index contributed by atoms with van der Waals surface area (Å²) in [5, 5.41) is 4.50. The largest absolute Gasteiger partial charge is 0.353 e. The van der Waals surface area contributed by atoms with Crippen LogP contribution in [0.3, 0.4) is 0 Å². The highest BCUT2D eigenvalue weighted by Gasteiger charge is 2.29. The number of piperazine rings is 1. The molecule has 4 rings (SSSR count). The van der Waals surface area contributed by atoms with Crippen LogP contribution in [0, 0.1) is 0 Å². The minimum absolute atomic E-state index is 0.207. The van der Waals surface area contributed by atoms with E-state index >= 15 is 0 Å². The molecule has 0 N–H and O–H groups in total. The molecule has 3 aromatic rings.